The normalized spacial score (nSPS) is 12.0. The number of hydrogen-bond donors (Lipinski definition) is 1. The Morgan fingerprint density at radius 1 is 1.31 bits per heavy atom. The highest BCUT2D eigenvalue weighted by Gasteiger charge is 2.24. The van der Waals surface area contributed by atoms with Gasteiger partial charge in [-0.05, 0) is 24.1 Å². The molecule has 1 aliphatic rings. The van der Waals surface area contributed by atoms with Gasteiger partial charge < -0.3 is 19.5 Å². The Morgan fingerprint density at radius 2 is 2.14 bits per heavy atom. The summed E-state index contributed by atoms with van der Waals surface area (Å²) in [5, 5.41) is 15.4. The zero-order valence-electron chi connectivity index (χ0n) is 15.7. The molecule has 29 heavy (non-hydrogen) atoms. The Morgan fingerprint density at radius 3 is 2.90 bits per heavy atom. The second kappa shape index (κ2) is 7.63. The van der Waals surface area contributed by atoms with Crippen LogP contribution in [0.3, 0.4) is 0 Å². The molecule has 1 aliphatic heterocycles. The van der Waals surface area contributed by atoms with Gasteiger partial charge in [-0.15, -0.1) is 6.58 Å². The zero-order valence-corrected chi connectivity index (χ0v) is 15.7. The van der Waals surface area contributed by atoms with E-state index in [0.29, 0.717) is 46.7 Å². The third-order valence-electron chi connectivity index (χ3n) is 4.60. The number of allylic oxidation sites excluding steroid dienone is 1. The van der Waals surface area contributed by atoms with Gasteiger partial charge in [0, 0.05) is 18.2 Å². The van der Waals surface area contributed by atoms with Crippen LogP contribution in [0, 0.1) is 10.1 Å². The molecule has 0 radical (unpaired) electrons. The van der Waals surface area contributed by atoms with Crippen LogP contribution in [0.1, 0.15) is 11.1 Å². The fourth-order valence-corrected chi connectivity index (χ4v) is 3.31. The van der Waals surface area contributed by atoms with Crippen molar-refractivity contribution in [2.75, 3.05) is 19.2 Å². The van der Waals surface area contributed by atoms with E-state index in [4.69, 9.17) is 14.2 Å². The summed E-state index contributed by atoms with van der Waals surface area (Å²) < 4.78 is 16.0. The van der Waals surface area contributed by atoms with E-state index in [1.54, 1.807) is 6.08 Å². The first kappa shape index (κ1) is 18.5. The average molecular weight is 394 g/mol. The Balaban J connectivity index is 1.74. The van der Waals surface area contributed by atoms with E-state index < -0.39 is 4.92 Å². The number of benzene rings is 2. The largest absolute Gasteiger partial charge is 0.490 e. The average Bonchev–Trinajstić information content (AvgIpc) is 3.19. The fourth-order valence-electron chi connectivity index (χ4n) is 3.31. The monoisotopic (exact) mass is 394 g/mol. The standard InChI is InChI=1S/C20H18N4O5/c1-3-4-13-18-14(8-15(24(25)26)19(13)27-2)20(23-10-22-18)21-9-12-5-6-16-17(7-12)29-11-28-16/h3,5-8,10H,1,4,9,11H2,2H3,(H,21,22,23). The zero-order chi connectivity index (χ0) is 20.4. The first-order valence-corrected chi connectivity index (χ1v) is 8.84. The van der Waals surface area contributed by atoms with Crippen LogP contribution < -0.4 is 19.5 Å². The number of nitro groups is 1. The van der Waals surface area contributed by atoms with Crippen LogP contribution in [0.2, 0.25) is 0 Å². The summed E-state index contributed by atoms with van der Waals surface area (Å²) in [5.41, 5.74) is 1.99. The van der Waals surface area contributed by atoms with E-state index in [2.05, 4.69) is 21.9 Å². The van der Waals surface area contributed by atoms with Crippen molar-refractivity contribution in [3.63, 3.8) is 0 Å². The van der Waals surface area contributed by atoms with Gasteiger partial charge in [-0.1, -0.05) is 12.1 Å². The van der Waals surface area contributed by atoms with Crippen molar-refractivity contribution in [3.8, 4) is 17.2 Å². The highest BCUT2D eigenvalue weighted by molar-refractivity contribution is 5.95. The molecule has 0 unspecified atom stereocenters. The maximum Gasteiger partial charge on any atom is 0.312 e. The molecule has 1 aromatic heterocycles. The number of nitro benzene ring substituents is 1. The molecule has 9 nitrogen and oxygen atoms in total. The van der Waals surface area contributed by atoms with Gasteiger partial charge in [-0.25, -0.2) is 9.97 Å². The molecule has 2 heterocycles. The minimum Gasteiger partial charge on any atom is -0.490 e. The first-order valence-electron chi connectivity index (χ1n) is 8.84. The molecule has 0 fully saturated rings. The molecular weight excluding hydrogens is 376 g/mol. The van der Waals surface area contributed by atoms with Crippen molar-refractivity contribution in [3.05, 3.63) is 64.5 Å². The first-order chi connectivity index (χ1) is 14.1. The van der Waals surface area contributed by atoms with Crippen molar-refractivity contribution in [1.29, 1.82) is 0 Å². The van der Waals surface area contributed by atoms with Gasteiger partial charge in [0.2, 0.25) is 12.5 Å². The van der Waals surface area contributed by atoms with Gasteiger partial charge >= 0.3 is 5.69 Å². The molecule has 0 saturated carbocycles. The molecule has 0 aliphatic carbocycles. The minimum atomic E-state index is -0.473. The van der Waals surface area contributed by atoms with Crippen LogP contribution in [0.4, 0.5) is 11.5 Å². The van der Waals surface area contributed by atoms with Crippen LogP contribution in [-0.2, 0) is 13.0 Å². The van der Waals surface area contributed by atoms with Gasteiger partial charge in [0.1, 0.15) is 12.1 Å². The van der Waals surface area contributed by atoms with Crippen LogP contribution in [-0.4, -0.2) is 28.8 Å². The highest BCUT2D eigenvalue weighted by Crippen LogP contribution is 2.39. The SMILES string of the molecule is C=CCc1c(OC)c([N+](=O)[O-])cc2c(NCc3ccc4c(c3)OCO4)ncnc12. The molecular formula is C20H18N4O5. The lowest BCUT2D eigenvalue weighted by molar-refractivity contribution is -0.385. The number of hydrogen-bond acceptors (Lipinski definition) is 8. The van der Waals surface area contributed by atoms with Crippen molar-refractivity contribution in [2.45, 2.75) is 13.0 Å². The third kappa shape index (κ3) is 3.38. The Hall–Kier alpha value is -3.88. The van der Waals surface area contributed by atoms with Crippen LogP contribution in [0.15, 0.2) is 43.2 Å². The van der Waals surface area contributed by atoms with Crippen molar-refractivity contribution in [2.24, 2.45) is 0 Å². The number of nitrogens with zero attached hydrogens (tertiary/aromatic N) is 3. The Bertz CT molecular complexity index is 1120. The number of rotatable bonds is 7. The van der Waals surface area contributed by atoms with Crippen LogP contribution >= 0.6 is 0 Å². The summed E-state index contributed by atoms with van der Waals surface area (Å²) in [5.74, 6) is 2.06. The fraction of sp³-hybridized carbons (Fsp3) is 0.200. The lowest BCUT2D eigenvalue weighted by Gasteiger charge is -2.13. The van der Waals surface area contributed by atoms with Crippen molar-refractivity contribution in [1.82, 2.24) is 9.97 Å². The lowest BCUT2D eigenvalue weighted by atomic mass is 10.0. The molecule has 2 aromatic carbocycles. The molecule has 4 rings (SSSR count). The second-order valence-electron chi connectivity index (χ2n) is 6.32. The lowest BCUT2D eigenvalue weighted by Crippen LogP contribution is -2.05. The molecule has 0 atom stereocenters. The maximum absolute atomic E-state index is 11.6. The van der Waals surface area contributed by atoms with E-state index in [1.807, 2.05) is 18.2 Å². The molecule has 3 aromatic rings. The maximum atomic E-state index is 11.6. The molecule has 0 saturated heterocycles. The van der Waals surface area contributed by atoms with Gasteiger partial charge in [0.25, 0.3) is 0 Å². The number of ether oxygens (including phenoxy) is 3. The third-order valence-corrected chi connectivity index (χ3v) is 4.60. The van der Waals surface area contributed by atoms with E-state index in [-0.39, 0.29) is 18.2 Å². The number of methoxy groups -OCH3 is 1. The smallest absolute Gasteiger partial charge is 0.312 e. The van der Waals surface area contributed by atoms with Gasteiger partial charge in [0.05, 0.1) is 22.9 Å². The number of fused-ring (bicyclic) bond motifs is 2. The molecule has 0 amide bonds. The highest BCUT2D eigenvalue weighted by atomic mass is 16.7. The van der Waals surface area contributed by atoms with E-state index in [0.717, 1.165) is 5.56 Å². The second-order valence-corrected chi connectivity index (χ2v) is 6.32. The van der Waals surface area contributed by atoms with Crippen molar-refractivity contribution < 1.29 is 19.1 Å². The molecule has 1 N–H and O–H groups in total. The number of aromatic nitrogens is 2. The molecule has 9 heteroatoms. The summed E-state index contributed by atoms with van der Waals surface area (Å²) in [7, 11) is 1.40. The van der Waals surface area contributed by atoms with Crippen LogP contribution in [0.5, 0.6) is 17.2 Å². The molecule has 0 spiro atoms. The quantitative estimate of drug-likeness (QED) is 0.368. The molecule has 0 bridgehead atoms. The topological polar surface area (TPSA) is 109 Å². The summed E-state index contributed by atoms with van der Waals surface area (Å²) in [6.07, 6.45) is 3.45. The minimum absolute atomic E-state index is 0.141. The van der Waals surface area contributed by atoms with Crippen molar-refractivity contribution >= 4 is 22.4 Å². The summed E-state index contributed by atoms with van der Waals surface area (Å²) in [6, 6.07) is 7.07. The molecule has 148 valence electrons. The van der Waals surface area contributed by atoms with E-state index >= 15 is 0 Å². The predicted octanol–water partition coefficient (Wildman–Crippen LogP) is 3.62. The van der Waals surface area contributed by atoms with Gasteiger partial charge in [-0.2, -0.15) is 0 Å². The predicted molar refractivity (Wildman–Crippen MR) is 107 cm³/mol. The van der Waals surface area contributed by atoms with E-state index in [1.165, 1.54) is 19.5 Å². The van der Waals surface area contributed by atoms with Gasteiger partial charge in [-0.3, -0.25) is 10.1 Å². The van der Waals surface area contributed by atoms with Gasteiger partial charge in [0.15, 0.2) is 11.5 Å². The number of nitrogens with one attached hydrogen (secondary N) is 1. The van der Waals surface area contributed by atoms with Crippen LogP contribution in [0.25, 0.3) is 10.9 Å². The van der Waals surface area contributed by atoms with E-state index in [9.17, 15) is 10.1 Å². The number of anilines is 1. The summed E-state index contributed by atoms with van der Waals surface area (Å²) in [6.45, 7) is 4.39. The Labute approximate surface area is 166 Å². The summed E-state index contributed by atoms with van der Waals surface area (Å²) >= 11 is 0. The Kier molecular flexibility index (Phi) is 4.86. The summed E-state index contributed by atoms with van der Waals surface area (Å²) in [4.78, 5) is 19.7.